The highest BCUT2D eigenvalue weighted by molar-refractivity contribution is 7.98. The van der Waals surface area contributed by atoms with Crippen LogP contribution >= 0.6 is 11.8 Å². The van der Waals surface area contributed by atoms with E-state index in [1.165, 1.54) is 10.5 Å². The molecule has 6 heteroatoms. The van der Waals surface area contributed by atoms with E-state index in [0.717, 1.165) is 43.2 Å². The lowest BCUT2D eigenvalue weighted by Crippen LogP contribution is -2.47. The first-order chi connectivity index (χ1) is 11.1. The van der Waals surface area contributed by atoms with Crippen molar-refractivity contribution in [3.05, 3.63) is 35.5 Å². The number of piperazine rings is 1. The number of aromatic nitrogens is 2. The average Bonchev–Trinajstić information content (AvgIpc) is 2.92. The predicted molar refractivity (Wildman–Crippen MR) is 91.6 cm³/mol. The number of carbonyl (C=O) groups is 1. The number of hydrogen-bond donors (Lipinski definition) is 0. The molecule has 0 atom stereocenters. The van der Waals surface area contributed by atoms with Gasteiger partial charge in [0, 0.05) is 55.0 Å². The van der Waals surface area contributed by atoms with Crippen molar-refractivity contribution in [3.8, 4) is 11.3 Å². The third kappa shape index (κ3) is 2.46. The molecule has 0 aliphatic carbocycles. The molecule has 23 heavy (non-hydrogen) atoms. The zero-order valence-corrected chi connectivity index (χ0v) is 14.3. The van der Waals surface area contributed by atoms with Crippen LogP contribution in [0, 0.1) is 0 Å². The maximum Gasteiger partial charge on any atom is 0.274 e. The summed E-state index contributed by atoms with van der Waals surface area (Å²) < 4.78 is 1.87. The van der Waals surface area contributed by atoms with E-state index in [1.807, 2.05) is 22.7 Å². The van der Waals surface area contributed by atoms with Gasteiger partial charge in [0.15, 0.2) is 5.69 Å². The Balaban J connectivity index is 1.71. The fourth-order valence-corrected chi connectivity index (χ4v) is 4.38. The van der Waals surface area contributed by atoms with Gasteiger partial charge in [0.1, 0.15) is 0 Å². The van der Waals surface area contributed by atoms with Crippen molar-refractivity contribution in [2.45, 2.75) is 10.6 Å². The Morgan fingerprint density at radius 1 is 1.13 bits per heavy atom. The number of likely N-dealkylation sites (N-methyl/N-ethyl adjacent to an activating group) is 1. The van der Waals surface area contributed by atoms with Gasteiger partial charge in [0.05, 0.1) is 5.69 Å². The number of rotatable bonds is 1. The number of benzene rings is 1. The summed E-state index contributed by atoms with van der Waals surface area (Å²) in [5.74, 6) is 0.893. The van der Waals surface area contributed by atoms with Gasteiger partial charge in [-0.25, -0.2) is 0 Å². The Kier molecular flexibility index (Phi) is 3.66. The Hall–Kier alpha value is -1.79. The van der Waals surface area contributed by atoms with Crippen LogP contribution in [0.1, 0.15) is 16.1 Å². The first kappa shape index (κ1) is 14.8. The normalized spacial score (nSPS) is 17.7. The van der Waals surface area contributed by atoms with Crippen molar-refractivity contribution in [2.75, 3.05) is 33.2 Å². The molecule has 0 bridgehead atoms. The van der Waals surface area contributed by atoms with E-state index in [4.69, 9.17) is 0 Å². The first-order valence-electron chi connectivity index (χ1n) is 7.91. The Labute approximate surface area is 140 Å². The molecule has 1 aromatic heterocycles. The standard InChI is InChI=1S/C17H20N4OS/c1-19-7-9-21(10-8-19)17(22)15-13-11-23-14-6-4-3-5-12(14)16(13)20(2)18-15/h3-6H,7-11H2,1-2H3. The monoisotopic (exact) mass is 328 g/mol. The highest BCUT2D eigenvalue weighted by Gasteiger charge is 2.30. The first-order valence-corrected chi connectivity index (χ1v) is 8.89. The third-order valence-corrected chi connectivity index (χ3v) is 5.75. The number of aryl methyl sites for hydroxylation is 1. The van der Waals surface area contributed by atoms with Crippen LogP contribution in [-0.4, -0.2) is 58.7 Å². The van der Waals surface area contributed by atoms with Gasteiger partial charge in [-0.1, -0.05) is 18.2 Å². The molecule has 2 aromatic rings. The van der Waals surface area contributed by atoms with Crippen molar-refractivity contribution in [3.63, 3.8) is 0 Å². The number of hydrogen-bond acceptors (Lipinski definition) is 4. The largest absolute Gasteiger partial charge is 0.335 e. The Morgan fingerprint density at radius 2 is 1.87 bits per heavy atom. The van der Waals surface area contributed by atoms with Gasteiger partial charge in [-0.15, -0.1) is 11.8 Å². The molecule has 1 aromatic carbocycles. The second-order valence-electron chi connectivity index (χ2n) is 6.18. The molecule has 120 valence electrons. The van der Waals surface area contributed by atoms with Crippen LogP contribution in [0.4, 0.5) is 0 Å². The number of nitrogens with zero attached hydrogens (tertiary/aromatic N) is 4. The van der Waals surface area contributed by atoms with Crippen molar-refractivity contribution >= 4 is 17.7 Å². The van der Waals surface area contributed by atoms with Crippen LogP contribution in [0.3, 0.4) is 0 Å². The molecule has 1 fully saturated rings. The van der Waals surface area contributed by atoms with E-state index in [2.05, 4.69) is 35.2 Å². The maximum atomic E-state index is 12.9. The molecule has 0 N–H and O–H groups in total. The van der Waals surface area contributed by atoms with E-state index in [0.29, 0.717) is 5.69 Å². The summed E-state index contributed by atoms with van der Waals surface area (Å²) in [6.45, 7) is 3.42. The molecular weight excluding hydrogens is 308 g/mol. The number of fused-ring (bicyclic) bond motifs is 3. The molecule has 0 saturated carbocycles. The smallest absolute Gasteiger partial charge is 0.274 e. The molecule has 2 aliphatic rings. The average molecular weight is 328 g/mol. The van der Waals surface area contributed by atoms with Gasteiger partial charge >= 0.3 is 0 Å². The molecule has 1 amide bonds. The maximum absolute atomic E-state index is 12.9. The van der Waals surface area contributed by atoms with Gasteiger partial charge in [-0.2, -0.15) is 5.10 Å². The minimum Gasteiger partial charge on any atom is -0.335 e. The van der Waals surface area contributed by atoms with Crippen LogP contribution in [0.25, 0.3) is 11.3 Å². The summed E-state index contributed by atoms with van der Waals surface area (Å²) in [5.41, 5.74) is 4.00. The lowest BCUT2D eigenvalue weighted by atomic mass is 10.1. The number of amides is 1. The number of carbonyl (C=O) groups excluding carboxylic acids is 1. The molecule has 0 spiro atoms. The lowest BCUT2D eigenvalue weighted by Gasteiger charge is -2.32. The van der Waals surface area contributed by atoms with Crippen LogP contribution in [0.15, 0.2) is 29.2 Å². The molecule has 4 rings (SSSR count). The molecule has 0 unspecified atom stereocenters. The van der Waals surface area contributed by atoms with Crippen LogP contribution in [0.5, 0.6) is 0 Å². The number of thioether (sulfide) groups is 1. The third-order valence-electron chi connectivity index (χ3n) is 4.65. The minimum atomic E-state index is 0.0786. The second kappa shape index (κ2) is 5.69. The van der Waals surface area contributed by atoms with E-state index < -0.39 is 0 Å². The van der Waals surface area contributed by atoms with E-state index in [-0.39, 0.29) is 5.91 Å². The van der Waals surface area contributed by atoms with Crippen molar-refractivity contribution in [1.29, 1.82) is 0 Å². The van der Waals surface area contributed by atoms with Gasteiger partial charge in [-0.3, -0.25) is 9.48 Å². The van der Waals surface area contributed by atoms with E-state index in [1.54, 1.807) is 11.8 Å². The fourth-order valence-electron chi connectivity index (χ4n) is 3.31. The van der Waals surface area contributed by atoms with Crippen LogP contribution < -0.4 is 0 Å². The van der Waals surface area contributed by atoms with E-state index >= 15 is 0 Å². The molecule has 0 radical (unpaired) electrons. The summed E-state index contributed by atoms with van der Waals surface area (Å²) >= 11 is 1.79. The summed E-state index contributed by atoms with van der Waals surface area (Å²) in [4.78, 5) is 18.4. The quantitative estimate of drug-likeness (QED) is 0.804. The Morgan fingerprint density at radius 3 is 2.65 bits per heavy atom. The summed E-state index contributed by atoms with van der Waals surface area (Å²) in [7, 11) is 4.03. The topological polar surface area (TPSA) is 41.4 Å². The highest BCUT2D eigenvalue weighted by Crippen LogP contribution is 2.42. The zero-order valence-electron chi connectivity index (χ0n) is 13.5. The summed E-state index contributed by atoms with van der Waals surface area (Å²) in [6.07, 6.45) is 0. The molecule has 3 heterocycles. The zero-order chi connectivity index (χ0) is 16.0. The SMILES string of the molecule is CN1CCN(C(=O)c2nn(C)c3c2CSc2ccccc2-3)CC1. The van der Waals surface area contributed by atoms with Crippen LogP contribution in [0.2, 0.25) is 0 Å². The van der Waals surface area contributed by atoms with Gasteiger partial charge in [-0.05, 0) is 13.1 Å². The van der Waals surface area contributed by atoms with Gasteiger partial charge in [0.25, 0.3) is 5.91 Å². The highest BCUT2D eigenvalue weighted by atomic mass is 32.2. The minimum absolute atomic E-state index is 0.0786. The van der Waals surface area contributed by atoms with Crippen molar-refractivity contribution < 1.29 is 4.79 Å². The molecule has 1 saturated heterocycles. The van der Waals surface area contributed by atoms with Gasteiger partial charge < -0.3 is 9.80 Å². The van der Waals surface area contributed by atoms with Crippen LogP contribution in [-0.2, 0) is 12.8 Å². The molecule has 5 nitrogen and oxygen atoms in total. The molecule has 2 aliphatic heterocycles. The molecular formula is C17H20N4OS. The summed E-state index contributed by atoms with van der Waals surface area (Å²) in [5, 5.41) is 4.58. The second-order valence-corrected chi connectivity index (χ2v) is 7.20. The Bertz CT molecular complexity index is 762. The van der Waals surface area contributed by atoms with Crippen molar-refractivity contribution in [2.24, 2.45) is 7.05 Å². The van der Waals surface area contributed by atoms with Crippen molar-refractivity contribution in [1.82, 2.24) is 19.6 Å². The fraction of sp³-hybridized carbons (Fsp3) is 0.412. The predicted octanol–water partition coefficient (Wildman–Crippen LogP) is 2.08. The van der Waals surface area contributed by atoms with E-state index in [9.17, 15) is 4.79 Å². The lowest BCUT2D eigenvalue weighted by molar-refractivity contribution is 0.0656. The van der Waals surface area contributed by atoms with Gasteiger partial charge in [0.2, 0.25) is 0 Å². The summed E-state index contributed by atoms with van der Waals surface area (Å²) in [6, 6.07) is 8.36.